The van der Waals surface area contributed by atoms with Crippen molar-refractivity contribution in [2.24, 2.45) is 5.92 Å². The van der Waals surface area contributed by atoms with Crippen molar-refractivity contribution in [1.82, 2.24) is 0 Å². The molecule has 0 saturated heterocycles. The quantitative estimate of drug-likeness (QED) is 0.834. The molecule has 2 aromatic rings. The third-order valence-electron chi connectivity index (χ3n) is 3.69. The first-order valence-corrected chi connectivity index (χ1v) is 7.01. The maximum atomic E-state index is 10.7. The molecule has 0 radical (unpaired) electrons. The molecule has 2 rings (SSSR count). The molecule has 0 aromatic heterocycles. The van der Waals surface area contributed by atoms with Crippen molar-refractivity contribution in [2.75, 3.05) is 0 Å². The summed E-state index contributed by atoms with van der Waals surface area (Å²) in [5.74, 6) is -0.441. The van der Waals surface area contributed by atoms with Crippen LogP contribution >= 0.6 is 0 Å². The molecule has 0 unspecified atom stereocenters. The summed E-state index contributed by atoms with van der Waals surface area (Å²) in [4.78, 5) is 10.7. The summed E-state index contributed by atoms with van der Waals surface area (Å²) in [7, 11) is 0. The molecule has 0 bridgehead atoms. The van der Waals surface area contributed by atoms with E-state index < -0.39 is 5.97 Å². The van der Waals surface area contributed by atoms with E-state index in [1.165, 1.54) is 12.0 Å². The first kappa shape index (κ1) is 14.3. The molecule has 2 heteroatoms. The van der Waals surface area contributed by atoms with E-state index in [-0.39, 0.29) is 5.56 Å². The van der Waals surface area contributed by atoms with Crippen molar-refractivity contribution in [3.05, 3.63) is 59.7 Å². The molecule has 0 saturated carbocycles. The molecule has 0 fully saturated rings. The van der Waals surface area contributed by atoms with Gasteiger partial charge in [0.1, 0.15) is 0 Å². The van der Waals surface area contributed by atoms with Gasteiger partial charge in [0, 0.05) is 0 Å². The largest absolute Gasteiger partial charge is 0.545 e. The number of carbonyl (C=O) groups excluding carboxylic acids is 1. The second-order valence-corrected chi connectivity index (χ2v) is 5.28. The molecule has 0 aliphatic carbocycles. The van der Waals surface area contributed by atoms with Gasteiger partial charge in [-0.1, -0.05) is 68.8 Å². The van der Waals surface area contributed by atoms with E-state index in [1.807, 2.05) is 12.1 Å². The first-order valence-electron chi connectivity index (χ1n) is 7.01. The Labute approximate surface area is 120 Å². The molecule has 0 N–H and O–H groups in total. The molecule has 0 aliphatic heterocycles. The van der Waals surface area contributed by atoms with Gasteiger partial charge in [-0.2, -0.15) is 0 Å². The fourth-order valence-electron chi connectivity index (χ4n) is 2.18. The molecular weight excluding hydrogens is 248 g/mol. The molecule has 2 nitrogen and oxygen atoms in total. The van der Waals surface area contributed by atoms with Gasteiger partial charge in [0.15, 0.2) is 0 Å². The van der Waals surface area contributed by atoms with Crippen LogP contribution in [0, 0.1) is 5.92 Å². The van der Waals surface area contributed by atoms with Gasteiger partial charge < -0.3 is 9.90 Å². The van der Waals surface area contributed by atoms with Crippen molar-refractivity contribution in [1.29, 1.82) is 0 Å². The Bertz CT molecular complexity index is 567. The zero-order chi connectivity index (χ0) is 14.5. The minimum absolute atomic E-state index is 0.210. The number of rotatable bonds is 5. The molecular formula is C18H19O2-. The van der Waals surface area contributed by atoms with Gasteiger partial charge in [0.2, 0.25) is 0 Å². The topological polar surface area (TPSA) is 40.1 Å². The Morgan fingerprint density at radius 3 is 1.95 bits per heavy atom. The Kier molecular flexibility index (Phi) is 4.57. The maximum Gasteiger partial charge on any atom is 0.0715 e. The summed E-state index contributed by atoms with van der Waals surface area (Å²) in [6.45, 7) is 4.46. The molecule has 0 aliphatic rings. The lowest BCUT2D eigenvalue weighted by Crippen LogP contribution is -2.21. The monoisotopic (exact) mass is 267 g/mol. The molecule has 0 amide bonds. The fourth-order valence-corrected chi connectivity index (χ4v) is 2.18. The molecule has 20 heavy (non-hydrogen) atoms. The molecule has 104 valence electrons. The van der Waals surface area contributed by atoms with Crippen LogP contribution in [0.3, 0.4) is 0 Å². The first-order chi connectivity index (χ1) is 9.60. The average Bonchev–Trinajstić information content (AvgIpc) is 2.48. The normalized spacial score (nSPS) is 12.1. The third kappa shape index (κ3) is 3.47. The van der Waals surface area contributed by atoms with E-state index in [2.05, 4.69) is 38.1 Å². The van der Waals surface area contributed by atoms with Gasteiger partial charge in [-0.15, -0.1) is 0 Å². The number of carbonyl (C=O) groups is 1. The number of hydrogen-bond donors (Lipinski definition) is 0. The van der Waals surface area contributed by atoms with Crippen LogP contribution in [0.4, 0.5) is 0 Å². The van der Waals surface area contributed by atoms with E-state index in [1.54, 1.807) is 12.1 Å². The zero-order valence-electron chi connectivity index (χ0n) is 11.9. The van der Waals surface area contributed by atoms with Crippen LogP contribution in [-0.4, -0.2) is 5.97 Å². The Morgan fingerprint density at radius 2 is 1.50 bits per heavy atom. The van der Waals surface area contributed by atoms with Crippen LogP contribution < -0.4 is 5.11 Å². The summed E-state index contributed by atoms with van der Waals surface area (Å²) < 4.78 is 0. The van der Waals surface area contributed by atoms with E-state index in [0.29, 0.717) is 5.92 Å². The summed E-state index contributed by atoms with van der Waals surface area (Å²) in [6, 6.07) is 15.3. The smallest absolute Gasteiger partial charge is 0.0715 e. The highest BCUT2D eigenvalue weighted by Gasteiger charge is 2.02. The molecule has 1 atom stereocenters. The highest BCUT2D eigenvalue weighted by atomic mass is 16.4. The van der Waals surface area contributed by atoms with Crippen LogP contribution in [0.25, 0.3) is 11.1 Å². The number of aromatic carboxylic acids is 1. The Morgan fingerprint density at radius 1 is 1.00 bits per heavy atom. The van der Waals surface area contributed by atoms with Gasteiger partial charge in [-0.25, -0.2) is 0 Å². The Hall–Kier alpha value is -2.09. The molecule has 2 aromatic carbocycles. The highest BCUT2D eigenvalue weighted by molar-refractivity contribution is 5.86. The summed E-state index contributed by atoms with van der Waals surface area (Å²) >= 11 is 0. The number of carboxylic acid groups (broad SMARTS) is 1. The molecule has 0 spiro atoms. The minimum atomic E-state index is -1.14. The standard InChI is InChI=1S/C18H20O2/c1-3-13(2)12-14-4-6-15(7-5-14)16-8-10-17(11-9-16)18(19)20/h4-11,13H,3,12H2,1-2H3,(H,19,20)/p-1/t13-/m0/s1. The predicted molar refractivity (Wildman–Crippen MR) is 79.4 cm³/mol. The van der Waals surface area contributed by atoms with Crippen molar-refractivity contribution in [3.63, 3.8) is 0 Å². The third-order valence-corrected chi connectivity index (χ3v) is 3.69. The van der Waals surface area contributed by atoms with Crippen LogP contribution in [0.2, 0.25) is 0 Å². The van der Waals surface area contributed by atoms with Gasteiger partial charge in [-0.3, -0.25) is 0 Å². The number of benzene rings is 2. The summed E-state index contributed by atoms with van der Waals surface area (Å²) in [5.41, 5.74) is 3.67. The lowest BCUT2D eigenvalue weighted by molar-refractivity contribution is -0.255. The van der Waals surface area contributed by atoms with E-state index in [0.717, 1.165) is 17.5 Å². The summed E-state index contributed by atoms with van der Waals surface area (Å²) in [5, 5.41) is 10.7. The van der Waals surface area contributed by atoms with E-state index >= 15 is 0 Å². The maximum absolute atomic E-state index is 10.7. The average molecular weight is 267 g/mol. The second-order valence-electron chi connectivity index (χ2n) is 5.28. The van der Waals surface area contributed by atoms with E-state index in [9.17, 15) is 9.90 Å². The van der Waals surface area contributed by atoms with Gasteiger partial charge >= 0.3 is 0 Å². The van der Waals surface area contributed by atoms with Crippen molar-refractivity contribution in [3.8, 4) is 11.1 Å². The van der Waals surface area contributed by atoms with Crippen LogP contribution in [0.1, 0.15) is 36.2 Å². The lowest BCUT2D eigenvalue weighted by atomic mass is 9.96. The zero-order valence-corrected chi connectivity index (χ0v) is 11.9. The number of hydrogen-bond acceptors (Lipinski definition) is 2. The van der Waals surface area contributed by atoms with Gasteiger partial charge in [-0.05, 0) is 34.6 Å². The van der Waals surface area contributed by atoms with Crippen LogP contribution in [-0.2, 0) is 6.42 Å². The van der Waals surface area contributed by atoms with Crippen molar-refractivity contribution in [2.45, 2.75) is 26.7 Å². The summed E-state index contributed by atoms with van der Waals surface area (Å²) in [6.07, 6.45) is 2.28. The van der Waals surface area contributed by atoms with Gasteiger partial charge in [0.25, 0.3) is 0 Å². The van der Waals surface area contributed by atoms with Crippen molar-refractivity contribution < 1.29 is 9.90 Å². The highest BCUT2D eigenvalue weighted by Crippen LogP contribution is 2.21. The predicted octanol–water partition coefficient (Wildman–Crippen LogP) is 3.31. The minimum Gasteiger partial charge on any atom is -0.545 e. The molecule has 0 heterocycles. The van der Waals surface area contributed by atoms with Crippen LogP contribution in [0.5, 0.6) is 0 Å². The lowest BCUT2D eigenvalue weighted by Gasteiger charge is -2.09. The Balaban J connectivity index is 2.15. The van der Waals surface area contributed by atoms with Gasteiger partial charge in [0.05, 0.1) is 5.97 Å². The van der Waals surface area contributed by atoms with Crippen LogP contribution in [0.15, 0.2) is 48.5 Å². The SMILES string of the molecule is CC[C@H](C)Cc1ccc(-c2ccc(C(=O)[O-])cc2)cc1. The number of carboxylic acids is 1. The fraction of sp³-hybridized carbons (Fsp3) is 0.278. The van der Waals surface area contributed by atoms with Crippen molar-refractivity contribution >= 4 is 5.97 Å². The second kappa shape index (κ2) is 6.38. The van der Waals surface area contributed by atoms with E-state index in [4.69, 9.17) is 0 Å².